The van der Waals surface area contributed by atoms with Crippen LogP contribution in [0.4, 0.5) is 4.79 Å². The summed E-state index contributed by atoms with van der Waals surface area (Å²) >= 11 is 0. The molecule has 24 heavy (non-hydrogen) atoms. The van der Waals surface area contributed by atoms with Crippen molar-refractivity contribution in [3.8, 4) is 0 Å². The molecular weight excluding hydrogens is 308 g/mol. The molecule has 1 saturated heterocycles. The first-order chi connectivity index (χ1) is 11.3. The lowest BCUT2D eigenvalue weighted by atomic mass is 10.1. The number of amides is 1. The van der Waals surface area contributed by atoms with Crippen LogP contribution in [0.15, 0.2) is 4.99 Å². The van der Waals surface area contributed by atoms with Gasteiger partial charge < -0.3 is 25.4 Å². The fraction of sp³-hybridized carbons (Fsp3) is 0.882. The Balaban J connectivity index is 1.86. The van der Waals surface area contributed by atoms with Crippen LogP contribution in [0.3, 0.4) is 0 Å². The molecule has 2 aliphatic rings. The summed E-state index contributed by atoms with van der Waals surface area (Å²) in [6.45, 7) is 10.8. The molecule has 138 valence electrons. The average Bonchev–Trinajstić information content (AvgIpc) is 3.13. The zero-order chi connectivity index (χ0) is 17.8. The van der Waals surface area contributed by atoms with E-state index < -0.39 is 5.60 Å². The number of carbonyl (C=O) groups excluding carboxylic acids is 1. The van der Waals surface area contributed by atoms with Gasteiger partial charge in [-0.05, 0) is 47.0 Å². The predicted molar refractivity (Wildman–Crippen MR) is 94.1 cm³/mol. The van der Waals surface area contributed by atoms with Crippen LogP contribution in [0.5, 0.6) is 0 Å². The van der Waals surface area contributed by atoms with Gasteiger partial charge >= 0.3 is 6.09 Å². The van der Waals surface area contributed by atoms with Crippen molar-refractivity contribution < 1.29 is 14.6 Å². The molecule has 2 fully saturated rings. The Morgan fingerprint density at radius 1 is 1.42 bits per heavy atom. The summed E-state index contributed by atoms with van der Waals surface area (Å²) in [6, 6.07) is 0.0661. The van der Waals surface area contributed by atoms with Crippen LogP contribution in [-0.4, -0.2) is 66.5 Å². The van der Waals surface area contributed by atoms with Crippen molar-refractivity contribution in [1.82, 2.24) is 15.5 Å². The molecule has 0 aromatic rings. The first-order valence-electron chi connectivity index (χ1n) is 8.90. The molecule has 0 aromatic heterocycles. The third kappa shape index (κ3) is 5.54. The van der Waals surface area contributed by atoms with E-state index in [-0.39, 0.29) is 24.2 Å². The van der Waals surface area contributed by atoms with Crippen LogP contribution in [0.25, 0.3) is 0 Å². The normalized spacial score (nSPS) is 23.1. The van der Waals surface area contributed by atoms with Gasteiger partial charge in [-0.25, -0.2) is 4.79 Å². The van der Waals surface area contributed by atoms with Gasteiger partial charge in [-0.3, -0.25) is 4.99 Å². The molecule has 3 N–H and O–H groups in total. The van der Waals surface area contributed by atoms with Gasteiger partial charge in [0.1, 0.15) is 5.60 Å². The van der Waals surface area contributed by atoms with E-state index in [0.29, 0.717) is 6.54 Å². The van der Waals surface area contributed by atoms with Crippen LogP contribution in [0.1, 0.15) is 47.0 Å². The maximum atomic E-state index is 11.9. The van der Waals surface area contributed by atoms with E-state index in [1.54, 1.807) is 0 Å². The van der Waals surface area contributed by atoms with Gasteiger partial charge in [0.05, 0.1) is 19.2 Å². The topological polar surface area (TPSA) is 86.2 Å². The molecule has 0 unspecified atom stereocenters. The fourth-order valence-corrected chi connectivity index (χ4v) is 2.76. The van der Waals surface area contributed by atoms with Crippen LogP contribution in [0, 0.1) is 5.41 Å². The smallest absolute Gasteiger partial charge is 0.407 e. The van der Waals surface area contributed by atoms with Crippen molar-refractivity contribution >= 4 is 12.1 Å². The van der Waals surface area contributed by atoms with Gasteiger partial charge in [0, 0.05) is 25.0 Å². The predicted octanol–water partition coefficient (Wildman–Crippen LogP) is 1.32. The van der Waals surface area contributed by atoms with Crippen molar-refractivity contribution in [2.24, 2.45) is 10.4 Å². The number of hydrogen-bond donors (Lipinski definition) is 3. The lowest BCUT2D eigenvalue weighted by Gasteiger charge is -2.24. The standard InChI is InChI=1S/C17H32N4O3/c1-5-18-14(19-11-17(12-22)7-8-17)21-9-6-13(10-21)20-15(23)24-16(2,3)4/h13,22H,5-12H2,1-4H3,(H,18,19)(H,20,23)/t13-/m1/s1. The third-order valence-electron chi connectivity index (χ3n) is 4.40. The lowest BCUT2D eigenvalue weighted by Crippen LogP contribution is -2.44. The Kier molecular flexibility index (Phi) is 5.96. The number of ether oxygens (including phenoxy) is 1. The molecule has 1 atom stereocenters. The SMILES string of the molecule is CCNC(=NCC1(CO)CC1)N1CC[C@@H](NC(=O)OC(C)(C)C)C1. The minimum Gasteiger partial charge on any atom is -0.444 e. The summed E-state index contributed by atoms with van der Waals surface area (Å²) in [4.78, 5) is 18.8. The lowest BCUT2D eigenvalue weighted by molar-refractivity contribution is 0.0507. The van der Waals surface area contributed by atoms with Crippen molar-refractivity contribution in [2.45, 2.75) is 58.6 Å². The van der Waals surface area contributed by atoms with E-state index in [1.807, 2.05) is 27.7 Å². The van der Waals surface area contributed by atoms with Gasteiger partial charge in [-0.15, -0.1) is 0 Å². The minimum absolute atomic E-state index is 0.00849. The quantitative estimate of drug-likeness (QED) is 0.519. The van der Waals surface area contributed by atoms with E-state index >= 15 is 0 Å². The summed E-state index contributed by atoms with van der Waals surface area (Å²) in [5.41, 5.74) is -0.476. The molecule has 0 bridgehead atoms. The minimum atomic E-state index is -0.484. The highest BCUT2D eigenvalue weighted by Crippen LogP contribution is 2.45. The Morgan fingerprint density at radius 2 is 2.12 bits per heavy atom. The number of guanidine groups is 1. The Bertz CT molecular complexity index is 469. The summed E-state index contributed by atoms with van der Waals surface area (Å²) in [6.07, 6.45) is 2.60. The molecule has 0 spiro atoms. The second-order valence-corrected chi connectivity index (χ2v) is 7.91. The maximum absolute atomic E-state index is 11.9. The van der Waals surface area contributed by atoms with Crippen LogP contribution < -0.4 is 10.6 Å². The molecule has 1 aliphatic carbocycles. The Labute approximate surface area is 144 Å². The van der Waals surface area contributed by atoms with Gasteiger partial charge in [-0.1, -0.05) is 0 Å². The summed E-state index contributed by atoms with van der Waals surface area (Å²) < 4.78 is 5.32. The van der Waals surface area contributed by atoms with Crippen LogP contribution >= 0.6 is 0 Å². The Morgan fingerprint density at radius 3 is 2.67 bits per heavy atom. The zero-order valence-corrected chi connectivity index (χ0v) is 15.4. The molecular formula is C17H32N4O3. The van der Waals surface area contributed by atoms with Gasteiger partial charge in [0.15, 0.2) is 5.96 Å². The first-order valence-corrected chi connectivity index (χ1v) is 8.90. The van der Waals surface area contributed by atoms with E-state index in [2.05, 4.69) is 15.5 Å². The number of hydrogen-bond acceptors (Lipinski definition) is 4. The van der Waals surface area contributed by atoms with Crippen LogP contribution in [-0.2, 0) is 4.74 Å². The summed E-state index contributed by atoms with van der Waals surface area (Å²) in [5, 5.41) is 15.7. The highest BCUT2D eigenvalue weighted by Gasteiger charge is 2.42. The van der Waals surface area contributed by atoms with Gasteiger partial charge in [0.2, 0.25) is 0 Å². The molecule has 1 heterocycles. The third-order valence-corrected chi connectivity index (χ3v) is 4.40. The number of nitrogens with one attached hydrogen (secondary N) is 2. The largest absolute Gasteiger partial charge is 0.444 e. The van der Waals surface area contributed by atoms with Crippen molar-refractivity contribution in [2.75, 3.05) is 32.8 Å². The zero-order valence-electron chi connectivity index (χ0n) is 15.4. The van der Waals surface area contributed by atoms with Crippen LogP contribution in [0.2, 0.25) is 0 Å². The highest BCUT2D eigenvalue weighted by atomic mass is 16.6. The second kappa shape index (κ2) is 7.59. The number of nitrogens with zero attached hydrogens (tertiary/aromatic N) is 2. The fourth-order valence-electron chi connectivity index (χ4n) is 2.76. The molecule has 7 heteroatoms. The molecule has 7 nitrogen and oxygen atoms in total. The molecule has 0 aromatic carbocycles. The van der Waals surface area contributed by atoms with Crippen molar-refractivity contribution in [3.05, 3.63) is 0 Å². The second-order valence-electron chi connectivity index (χ2n) is 7.91. The first kappa shape index (κ1) is 18.8. The molecule has 0 radical (unpaired) electrons. The molecule has 1 saturated carbocycles. The van der Waals surface area contributed by atoms with E-state index in [1.165, 1.54) is 0 Å². The number of likely N-dealkylation sites (tertiary alicyclic amines) is 1. The number of rotatable bonds is 5. The number of aliphatic imine (C=N–C) groups is 1. The van der Waals surface area contributed by atoms with Crippen molar-refractivity contribution in [3.63, 3.8) is 0 Å². The average molecular weight is 340 g/mol. The number of aliphatic hydroxyl groups is 1. The Hall–Kier alpha value is -1.50. The highest BCUT2D eigenvalue weighted by molar-refractivity contribution is 5.80. The summed E-state index contributed by atoms with van der Waals surface area (Å²) in [7, 11) is 0. The molecule has 2 rings (SSSR count). The number of alkyl carbamates (subject to hydrolysis) is 1. The monoisotopic (exact) mass is 340 g/mol. The molecule has 1 amide bonds. The maximum Gasteiger partial charge on any atom is 0.407 e. The molecule has 1 aliphatic heterocycles. The number of aliphatic hydroxyl groups excluding tert-OH is 1. The van der Waals surface area contributed by atoms with Gasteiger partial charge in [-0.2, -0.15) is 0 Å². The van der Waals surface area contributed by atoms with E-state index in [4.69, 9.17) is 9.73 Å². The summed E-state index contributed by atoms with van der Waals surface area (Å²) in [5.74, 6) is 0.866. The van der Waals surface area contributed by atoms with Crippen molar-refractivity contribution in [1.29, 1.82) is 0 Å². The van der Waals surface area contributed by atoms with E-state index in [0.717, 1.165) is 44.9 Å². The number of carbonyl (C=O) groups is 1. The van der Waals surface area contributed by atoms with Gasteiger partial charge in [0.25, 0.3) is 0 Å². The van der Waals surface area contributed by atoms with E-state index in [9.17, 15) is 9.90 Å².